The largest absolute Gasteiger partial charge is 0.478 e. The van der Waals surface area contributed by atoms with Crippen LogP contribution in [0.25, 0.3) is 0 Å². The SMILES string of the molecule is Cc1[nH]nc(C2CCOCC2)c1C(=O)O. The van der Waals surface area contributed by atoms with Crippen LogP contribution in [0.5, 0.6) is 0 Å². The lowest BCUT2D eigenvalue weighted by molar-refractivity contribution is 0.0684. The van der Waals surface area contributed by atoms with Gasteiger partial charge in [0.1, 0.15) is 5.56 Å². The number of hydrogen-bond donors (Lipinski definition) is 2. The van der Waals surface area contributed by atoms with Gasteiger partial charge < -0.3 is 9.84 Å². The number of nitrogens with one attached hydrogen (secondary N) is 1. The van der Waals surface area contributed by atoms with E-state index in [-0.39, 0.29) is 5.92 Å². The number of aryl methyl sites for hydroxylation is 1. The first-order chi connectivity index (χ1) is 7.20. The Morgan fingerprint density at radius 3 is 2.80 bits per heavy atom. The summed E-state index contributed by atoms with van der Waals surface area (Å²) in [4.78, 5) is 11.1. The molecule has 0 amide bonds. The number of rotatable bonds is 2. The van der Waals surface area contributed by atoms with Gasteiger partial charge in [0, 0.05) is 24.8 Å². The molecule has 0 spiro atoms. The van der Waals surface area contributed by atoms with Crippen molar-refractivity contribution < 1.29 is 14.6 Å². The maximum Gasteiger partial charge on any atom is 0.339 e. The normalized spacial score (nSPS) is 17.9. The minimum atomic E-state index is -0.900. The van der Waals surface area contributed by atoms with Crippen LogP contribution in [0.15, 0.2) is 0 Å². The van der Waals surface area contributed by atoms with Crippen LogP contribution in [0.3, 0.4) is 0 Å². The monoisotopic (exact) mass is 210 g/mol. The number of aromatic amines is 1. The molecule has 1 fully saturated rings. The maximum absolute atomic E-state index is 11.1. The summed E-state index contributed by atoms with van der Waals surface area (Å²) in [5.74, 6) is -0.683. The summed E-state index contributed by atoms with van der Waals surface area (Å²) in [5.41, 5.74) is 1.65. The molecule has 82 valence electrons. The molecular weight excluding hydrogens is 196 g/mol. The second-order valence-corrected chi connectivity index (χ2v) is 3.80. The van der Waals surface area contributed by atoms with Crippen molar-refractivity contribution in [2.24, 2.45) is 0 Å². The van der Waals surface area contributed by atoms with Crippen molar-refractivity contribution in [1.82, 2.24) is 10.2 Å². The zero-order chi connectivity index (χ0) is 10.8. The van der Waals surface area contributed by atoms with Gasteiger partial charge in [-0.3, -0.25) is 5.10 Å². The summed E-state index contributed by atoms with van der Waals surface area (Å²) in [6.45, 7) is 3.12. The minimum absolute atomic E-state index is 0.217. The van der Waals surface area contributed by atoms with Crippen LogP contribution in [0.1, 0.15) is 40.5 Å². The minimum Gasteiger partial charge on any atom is -0.478 e. The van der Waals surface area contributed by atoms with Gasteiger partial charge in [-0.05, 0) is 19.8 Å². The Bertz CT molecular complexity index is 367. The van der Waals surface area contributed by atoms with Crippen LogP contribution in [-0.4, -0.2) is 34.5 Å². The van der Waals surface area contributed by atoms with E-state index in [4.69, 9.17) is 9.84 Å². The Morgan fingerprint density at radius 2 is 2.20 bits per heavy atom. The predicted molar refractivity (Wildman–Crippen MR) is 53.1 cm³/mol. The Hall–Kier alpha value is -1.36. The van der Waals surface area contributed by atoms with E-state index in [9.17, 15) is 4.79 Å². The van der Waals surface area contributed by atoms with Gasteiger partial charge in [-0.25, -0.2) is 4.79 Å². The fraction of sp³-hybridized carbons (Fsp3) is 0.600. The van der Waals surface area contributed by atoms with E-state index in [2.05, 4.69) is 10.2 Å². The Morgan fingerprint density at radius 1 is 1.53 bits per heavy atom. The van der Waals surface area contributed by atoms with Crippen LogP contribution < -0.4 is 0 Å². The summed E-state index contributed by atoms with van der Waals surface area (Å²) in [7, 11) is 0. The molecule has 0 saturated carbocycles. The number of nitrogens with zero attached hydrogens (tertiary/aromatic N) is 1. The number of ether oxygens (including phenoxy) is 1. The van der Waals surface area contributed by atoms with Gasteiger partial charge in [0.2, 0.25) is 0 Å². The van der Waals surface area contributed by atoms with Crippen molar-refractivity contribution in [2.45, 2.75) is 25.7 Å². The smallest absolute Gasteiger partial charge is 0.339 e. The van der Waals surface area contributed by atoms with Gasteiger partial charge in [0.25, 0.3) is 0 Å². The van der Waals surface area contributed by atoms with Gasteiger partial charge >= 0.3 is 5.97 Å². The van der Waals surface area contributed by atoms with Crippen molar-refractivity contribution in [3.8, 4) is 0 Å². The molecule has 1 aromatic rings. The van der Waals surface area contributed by atoms with E-state index < -0.39 is 5.97 Å². The second-order valence-electron chi connectivity index (χ2n) is 3.80. The summed E-state index contributed by atoms with van der Waals surface area (Å²) in [6.07, 6.45) is 1.70. The van der Waals surface area contributed by atoms with E-state index in [1.165, 1.54) is 0 Å². The number of aromatic nitrogens is 2. The molecule has 1 aliphatic rings. The third-order valence-electron chi connectivity index (χ3n) is 2.80. The van der Waals surface area contributed by atoms with Crippen LogP contribution in [0.4, 0.5) is 0 Å². The van der Waals surface area contributed by atoms with Gasteiger partial charge in [0.15, 0.2) is 0 Å². The average Bonchev–Trinajstić information content (AvgIpc) is 2.61. The third-order valence-corrected chi connectivity index (χ3v) is 2.80. The van der Waals surface area contributed by atoms with E-state index in [0.717, 1.165) is 12.8 Å². The number of carbonyl (C=O) groups is 1. The fourth-order valence-corrected chi connectivity index (χ4v) is 1.98. The Balaban J connectivity index is 2.30. The molecule has 0 atom stereocenters. The highest BCUT2D eigenvalue weighted by Crippen LogP contribution is 2.28. The fourth-order valence-electron chi connectivity index (χ4n) is 1.98. The average molecular weight is 210 g/mol. The highest BCUT2D eigenvalue weighted by molar-refractivity contribution is 5.90. The van der Waals surface area contributed by atoms with Gasteiger partial charge in [-0.1, -0.05) is 0 Å². The molecule has 5 heteroatoms. The third kappa shape index (κ3) is 1.87. The molecule has 0 bridgehead atoms. The van der Waals surface area contributed by atoms with E-state index >= 15 is 0 Å². The van der Waals surface area contributed by atoms with E-state index in [0.29, 0.717) is 30.2 Å². The van der Waals surface area contributed by atoms with Crippen molar-refractivity contribution >= 4 is 5.97 Å². The van der Waals surface area contributed by atoms with Gasteiger partial charge in [-0.15, -0.1) is 0 Å². The predicted octanol–water partition coefficient (Wildman–Crippen LogP) is 1.31. The quantitative estimate of drug-likeness (QED) is 0.771. The van der Waals surface area contributed by atoms with Gasteiger partial charge in [-0.2, -0.15) is 5.10 Å². The van der Waals surface area contributed by atoms with Gasteiger partial charge in [0.05, 0.1) is 5.69 Å². The molecule has 0 unspecified atom stereocenters. The summed E-state index contributed by atoms with van der Waals surface area (Å²) >= 11 is 0. The summed E-state index contributed by atoms with van der Waals surface area (Å²) in [5, 5.41) is 15.9. The zero-order valence-electron chi connectivity index (χ0n) is 8.62. The van der Waals surface area contributed by atoms with Crippen molar-refractivity contribution in [3.63, 3.8) is 0 Å². The van der Waals surface area contributed by atoms with Crippen LogP contribution in [-0.2, 0) is 4.74 Å². The molecular formula is C10H14N2O3. The standard InChI is InChI=1S/C10H14N2O3/c1-6-8(10(13)14)9(12-11-6)7-2-4-15-5-3-7/h7H,2-5H2,1H3,(H,11,12)(H,13,14). The van der Waals surface area contributed by atoms with Crippen LogP contribution in [0, 0.1) is 6.92 Å². The highest BCUT2D eigenvalue weighted by atomic mass is 16.5. The highest BCUT2D eigenvalue weighted by Gasteiger charge is 2.25. The molecule has 5 nitrogen and oxygen atoms in total. The lowest BCUT2D eigenvalue weighted by Gasteiger charge is -2.20. The molecule has 2 rings (SSSR count). The lowest BCUT2D eigenvalue weighted by atomic mass is 9.93. The van der Waals surface area contributed by atoms with Crippen molar-refractivity contribution in [3.05, 3.63) is 17.0 Å². The Kier molecular flexibility index (Phi) is 2.73. The first-order valence-corrected chi connectivity index (χ1v) is 5.06. The molecule has 1 aromatic heterocycles. The lowest BCUT2D eigenvalue weighted by Crippen LogP contribution is -2.16. The Labute approximate surface area is 87.4 Å². The number of hydrogen-bond acceptors (Lipinski definition) is 3. The summed E-state index contributed by atoms with van der Waals surface area (Å²) < 4.78 is 5.24. The van der Waals surface area contributed by atoms with Crippen LogP contribution in [0.2, 0.25) is 0 Å². The molecule has 0 aliphatic carbocycles. The number of H-pyrrole nitrogens is 1. The number of carboxylic acid groups (broad SMARTS) is 1. The first-order valence-electron chi connectivity index (χ1n) is 5.06. The first kappa shape index (κ1) is 10.2. The molecule has 1 saturated heterocycles. The van der Waals surface area contributed by atoms with Crippen LogP contribution >= 0.6 is 0 Å². The van der Waals surface area contributed by atoms with Crippen molar-refractivity contribution in [1.29, 1.82) is 0 Å². The van der Waals surface area contributed by atoms with E-state index in [1.807, 2.05) is 0 Å². The number of aromatic carboxylic acids is 1. The molecule has 1 aliphatic heterocycles. The topological polar surface area (TPSA) is 75.2 Å². The maximum atomic E-state index is 11.1. The molecule has 2 N–H and O–H groups in total. The molecule has 2 heterocycles. The number of carboxylic acids is 1. The van der Waals surface area contributed by atoms with E-state index in [1.54, 1.807) is 6.92 Å². The zero-order valence-corrected chi connectivity index (χ0v) is 8.62. The molecule has 0 radical (unpaired) electrons. The van der Waals surface area contributed by atoms with Crippen molar-refractivity contribution in [2.75, 3.05) is 13.2 Å². The molecule has 0 aromatic carbocycles. The summed E-state index contributed by atoms with van der Waals surface area (Å²) in [6, 6.07) is 0. The second kappa shape index (κ2) is 4.02. The molecule has 15 heavy (non-hydrogen) atoms.